The van der Waals surface area contributed by atoms with Crippen LogP contribution in [0.2, 0.25) is 0 Å². The SMILES string of the molecule is Cc1nc(C(=O)NC(N)=NCCCOc2ccc(O)cc2)c(N)nc1N. The van der Waals surface area contributed by atoms with Gasteiger partial charge in [-0.05, 0) is 31.2 Å². The maximum atomic E-state index is 12.1. The minimum Gasteiger partial charge on any atom is -0.508 e. The van der Waals surface area contributed by atoms with Crippen LogP contribution in [0.15, 0.2) is 29.3 Å². The first-order chi connectivity index (χ1) is 12.4. The van der Waals surface area contributed by atoms with Crippen LogP contribution in [0.25, 0.3) is 0 Å². The third kappa shape index (κ3) is 5.23. The summed E-state index contributed by atoms with van der Waals surface area (Å²) in [5, 5.41) is 11.6. The first-order valence-corrected chi connectivity index (χ1v) is 7.79. The van der Waals surface area contributed by atoms with E-state index in [0.717, 1.165) is 0 Å². The average molecular weight is 359 g/mol. The molecule has 2 rings (SSSR count). The molecule has 1 heterocycles. The van der Waals surface area contributed by atoms with Crippen LogP contribution in [0.1, 0.15) is 22.6 Å². The summed E-state index contributed by atoms with van der Waals surface area (Å²) >= 11 is 0. The van der Waals surface area contributed by atoms with Crippen molar-refractivity contribution < 1.29 is 14.6 Å². The summed E-state index contributed by atoms with van der Waals surface area (Å²) in [4.78, 5) is 24.0. The van der Waals surface area contributed by atoms with Crippen molar-refractivity contribution in [1.82, 2.24) is 15.3 Å². The lowest BCUT2D eigenvalue weighted by Crippen LogP contribution is -2.38. The zero-order chi connectivity index (χ0) is 19.1. The van der Waals surface area contributed by atoms with E-state index >= 15 is 0 Å². The molecule has 10 nitrogen and oxygen atoms in total. The van der Waals surface area contributed by atoms with Gasteiger partial charge in [0.05, 0.1) is 12.3 Å². The largest absolute Gasteiger partial charge is 0.508 e. The number of guanidine groups is 1. The summed E-state index contributed by atoms with van der Waals surface area (Å²) in [7, 11) is 0. The lowest BCUT2D eigenvalue weighted by molar-refractivity contribution is 0.0972. The molecule has 1 aromatic carbocycles. The number of carbonyl (C=O) groups excluding carboxylic acids is 1. The smallest absolute Gasteiger partial charge is 0.280 e. The van der Waals surface area contributed by atoms with Gasteiger partial charge in [-0.2, -0.15) is 0 Å². The molecule has 0 aliphatic carbocycles. The molecular formula is C16H21N7O3. The summed E-state index contributed by atoms with van der Waals surface area (Å²) in [6.07, 6.45) is 0.584. The van der Waals surface area contributed by atoms with Crippen molar-refractivity contribution in [3.8, 4) is 11.5 Å². The number of nitrogen functional groups attached to an aromatic ring is 2. The number of ether oxygens (including phenoxy) is 1. The number of phenolic OH excluding ortho intramolecular Hbond substituents is 1. The molecule has 0 aliphatic rings. The maximum absolute atomic E-state index is 12.1. The van der Waals surface area contributed by atoms with E-state index in [9.17, 15) is 9.90 Å². The number of hydrogen-bond donors (Lipinski definition) is 5. The highest BCUT2D eigenvalue weighted by atomic mass is 16.5. The van der Waals surface area contributed by atoms with Gasteiger partial charge in [0.25, 0.3) is 5.91 Å². The number of nitrogens with one attached hydrogen (secondary N) is 1. The van der Waals surface area contributed by atoms with Gasteiger partial charge in [0.1, 0.15) is 17.3 Å². The van der Waals surface area contributed by atoms with Crippen molar-refractivity contribution in [3.05, 3.63) is 35.7 Å². The Morgan fingerprint density at radius 1 is 1.23 bits per heavy atom. The number of nitrogens with two attached hydrogens (primary N) is 3. The molecule has 0 saturated heterocycles. The molecule has 2 aromatic rings. The number of phenols is 1. The molecule has 0 radical (unpaired) electrons. The average Bonchev–Trinajstić information content (AvgIpc) is 2.59. The van der Waals surface area contributed by atoms with E-state index in [-0.39, 0.29) is 29.0 Å². The minimum atomic E-state index is -0.611. The summed E-state index contributed by atoms with van der Waals surface area (Å²) in [5.74, 6) is 0.220. The number of aryl methyl sites for hydroxylation is 1. The van der Waals surface area contributed by atoms with E-state index < -0.39 is 5.91 Å². The number of amides is 1. The van der Waals surface area contributed by atoms with Crippen LogP contribution in [0.4, 0.5) is 11.6 Å². The Hall–Kier alpha value is -3.56. The van der Waals surface area contributed by atoms with Crippen LogP contribution >= 0.6 is 0 Å². The molecule has 0 spiro atoms. The fourth-order valence-electron chi connectivity index (χ4n) is 1.92. The van der Waals surface area contributed by atoms with E-state index in [1.165, 1.54) is 12.1 Å². The number of carbonyl (C=O) groups is 1. The van der Waals surface area contributed by atoms with Crippen LogP contribution < -0.4 is 27.3 Å². The fourth-order valence-corrected chi connectivity index (χ4v) is 1.92. The number of aromatic nitrogens is 2. The number of aromatic hydroxyl groups is 1. The van der Waals surface area contributed by atoms with Crippen LogP contribution in [0.5, 0.6) is 11.5 Å². The van der Waals surface area contributed by atoms with Gasteiger partial charge >= 0.3 is 0 Å². The molecule has 26 heavy (non-hydrogen) atoms. The molecule has 8 N–H and O–H groups in total. The zero-order valence-corrected chi connectivity index (χ0v) is 14.3. The summed E-state index contributed by atoms with van der Waals surface area (Å²) in [6, 6.07) is 6.39. The first kappa shape index (κ1) is 18.8. The van der Waals surface area contributed by atoms with E-state index in [1.807, 2.05) is 0 Å². The van der Waals surface area contributed by atoms with E-state index in [0.29, 0.717) is 31.0 Å². The molecule has 0 fully saturated rings. The number of anilines is 2. The van der Waals surface area contributed by atoms with Crippen molar-refractivity contribution >= 4 is 23.5 Å². The zero-order valence-electron chi connectivity index (χ0n) is 14.3. The van der Waals surface area contributed by atoms with Gasteiger partial charge in [-0.25, -0.2) is 9.97 Å². The molecule has 0 atom stereocenters. The third-order valence-corrected chi connectivity index (χ3v) is 3.28. The summed E-state index contributed by atoms with van der Waals surface area (Å²) < 4.78 is 5.48. The second-order valence-corrected chi connectivity index (χ2v) is 5.35. The fraction of sp³-hybridized carbons (Fsp3) is 0.250. The highest BCUT2D eigenvalue weighted by Gasteiger charge is 2.15. The third-order valence-electron chi connectivity index (χ3n) is 3.28. The highest BCUT2D eigenvalue weighted by Crippen LogP contribution is 2.16. The Morgan fingerprint density at radius 2 is 1.92 bits per heavy atom. The molecule has 0 bridgehead atoms. The van der Waals surface area contributed by atoms with E-state index in [2.05, 4.69) is 20.3 Å². The van der Waals surface area contributed by atoms with Gasteiger partial charge in [-0.3, -0.25) is 15.1 Å². The van der Waals surface area contributed by atoms with Crippen LogP contribution in [-0.2, 0) is 0 Å². The van der Waals surface area contributed by atoms with Crippen LogP contribution in [-0.4, -0.2) is 40.1 Å². The van der Waals surface area contributed by atoms with Gasteiger partial charge in [0, 0.05) is 13.0 Å². The van der Waals surface area contributed by atoms with Crippen LogP contribution in [0.3, 0.4) is 0 Å². The van der Waals surface area contributed by atoms with Crippen molar-refractivity contribution in [3.63, 3.8) is 0 Å². The van der Waals surface area contributed by atoms with Crippen LogP contribution in [0, 0.1) is 6.92 Å². The van der Waals surface area contributed by atoms with Gasteiger partial charge < -0.3 is 27.0 Å². The number of benzene rings is 1. The van der Waals surface area contributed by atoms with Crippen molar-refractivity contribution in [1.29, 1.82) is 0 Å². The monoisotopic (exact) mass is 359 g/mol. The quantitative estimate of drug-likeness (QED) is 0.275. The second-order valence-electron chi connectivity index (χ2n) is 5.35. The topological polar surface area (TPSA) is 175 Å². The van der Waals surface area contributed by atoms with Crippen molar-refractivity contribution in [2.45, 2.75) is 13.3 Å². The molecule has 1 aromatic heterocycles. The van der Waals surface area contributed by atoms with E-state index in [4.69, 9.17) is 21.9 Å². The molecule has 0 unspecified atom stereocenters. The lowest BCUT2D eigenvalue weighted by Gasteiger charge is -2.08. The number of rotatable bonds is 6. The molecular weight excluding hydrogens is 338 g/mol. The second kappa shape index (κ2) is 8.51. The minimum absolute atomic E-state index is 0.0599. The Bertz CT molecular complexity index is 806. The molecule has 138 valence electrons. The number of nitrogens with zero attached hydrogens (tertiary/aromatic N) is 3. The Morgan fingerprint density at radius 3 is 2.62 bits per heavy atom. The number of aliphatic imine (C=N–C) groups is 1. The number of hydrogen-bond acceptors (Lipinski definition) is 8. The van der Waals surface area contributed by atoms with Gasteiger partial charge in [0.2, 0.25) is 0 Å². The van der Waals surface area contributed by atoms with E-state index in [1.54, 1.807) is 19.1 Å². The molecule has 1 amide bonds. The summed E-state index contributed by atoms with van der Waals surface area (Å²) in [5.41, 5.74) is 17.2. The Kier molecular flexibility index (Phi) is 6.15. The normalized spacial score (nSPS) is 11.2. The predicted octanol–water partition coefficient (Wildman–Crippen LogP) is 0.169. The lowest BCUT2D eigenvalue weighted by atomic mass is 10.3. The molecule has 10 heteroatoms. The standard InChI is InChI=1S/C16H21N7O3/c1-9-13(17)22-14(18)12(21-9)15(25)23-16(19)20-7-2-8-26-11-5-3-10(24)4-6-11/h3-6,24H,2,7-8H2,1H3,(H4,17,18,22)(H3,19,20,23,25). The first-order valence-electron chi connectivity index (χ1n) is 7.79. The van der Waals surface area contributed by atoms with Crippen molar-refractivity contribution in [2.75, 3.05) is 24.6 Å². The molecule has 0 saturated carbocycles. The Balaban J connectivity index is 1.79. The van der Waals surface area contributed by atoms with Gasteiger partial charge in [-0.1, -0.05) is 0 Å². The van der Waals surface area contributed by atoms with Gasteiger partial charge in [0.15, 0.2) is 17.5 Å². The highest BCUT2D eigenvalue weighted by molar-refractivity contribution is 6.06. The predicted molar refractivity (Wildman–Crippen MR) is 97.8 cm³/mol. The molecule has 0 aliphatic heterocycles. The van der Waals surface area contributed by atoms with Crippen molar-refractivity contribution in [2.24, 2.45) is 10.7 Å². The van der Waals surface area contributed by atoms with Gasteiger partial charge in [-0.15, -0.1) is 0 Å². The summed E-state index contributed by atoms with van der Waals surface area (Å²) in [6.45, 7) is 2.38. The Labute approximate surface area is 150 Å². The maximum Gasteiger partial charge on any atom is 0.280 e.